The molecular formula is C14H22ClN3OS. The quantitative estimate of drug-likeness (QED) is 0.848. The molecule has 6 heteroatoms. The molecule has 1 aliphatic carbocycles. The predicted molar refractivity (Wildman–Crippen MR) is 82.5 cm³/mol. The smallest absolute Gasteiger partial charge is 0.244 e. The Morgan fingerprint density at radius 1 is 1.40 bits per heavy atom. The van der Waals surface area contributed by atoms with E-state index in [0.29, 0.717) is 5.92 Å². The topological polar surface area (TPSA) is 70.1 Å². The first-order valence-corrected chi connectivity index (χ1v) is 8.32. The van der Waals surface area contributed by atoms with E-state index in [-0.39, 0.29) is 29.7 Å². The highest BCUT2D eigenvalue weighted by molar-refractivity contribution is 8.00. The van der Waals surface area contributed by atoms with Gasteiger partial charge in [-0.25, -0.2) is 0 Å². The van der Waals surface area contributed by atoms with Gasteiger partial charge in [0, 0.05) is 12.2 Å². The van der Waals surface area contributed by atoms with Crippen LogP contribution in [0.2, 0.25) is 0 Å². The molecule has 3 rings (SSSR count). The fourth-order valence-electron chi connectivity index (χ4n) is 3.83. The minimum absolute atomic E-state index is 0. The van der Waals surface area contributed by atoms with Crippen molar-refractivity contribution in [3.8, 4) is 6.07 Å². The molecule has 0 unspecified atom stereocenters. The summed E-state index contributed by atoms with van der Waals surface area (Å²) in [4.78, 5) is 14.3. The van der Waals surface area contributed by atoms with E-state index >= 15 is 0 Å². The van der Waals surface area contributed by atoms with Crippen molar-refractivity contribution in [1.29, 1.82) is 5.26 Å². The fraction of sp³-hybridized carbons (Fsp3) is 0.857. The molecule has 2 heterocycles. The number of hydrogen-bond acceptors (Lipinski definition) is 4. The SMILES string of the molecule is Cl.N#C[C@@H]1CS[C@H]2C[C@](N)(CC3CCCCC3)C(=O)N12. The summed E-state index contributed by atoms with van der Waals surface area (Å²) in [6, 6.07) is 1.97. The second-order valence-corrected chi connectivity index (χ2v) is 7.42. The number of nitrogens with zero attached hydrogens (tertiary/aromatic N) is 2. The lowest BCUT2D eigenvalue weighted by Gasteiger charge is -2.30. The zero-order chi connectivity index (χ0) is 13.5. The molecule has 0 aromatic rings. The molecule has 0 aromatic carbocycles. The van der Waals surface area contributed by atoms with Crippen LogP contribution in [0.4, 0.5) is 0 Å². The number of hydrogen-bond donors (Lipinski definition) is 1. The lowest BCUT2D eigenvalue weighted by Crippen LogP contribution is -2.51. The van der Waals surface area contributed by atoms with E-state index < -0.39 is 5.54 Å². The molecular weight excluding hydrogens is 294 g/mol. The maximum atomic E-state index is 12.6. The van der Waals surface area contributed by atoms with Gasteiger partial charge in [0.2, 0.25) is 5.91 Å². The van der Waals surface area contributed by atoms with E-state index in [1.807, 2.05) is 0 Å². The molecule has 20 heavy (non-hydrogen) atoms. The van der Waals surface area contributed by atoms with Gasteiger partial charge in [-0.05, 0) is 12.3 Å². The number of carbonyl (C=O) groups is 1. The van der Waals surface area contributed by atoms with Gasteiger partial charge in [-0.1, -0.05) is 32.1 Å². The van der Waals surface area contributed by atoms with Gasteiger partial charge in [-0.3, -0.25) is 4.79 Å². The molecule has 3 fully saturated rings. The van der Waals surface area contributed by atoms with E-state index in [4.69, 9.17) is 11.0 Å². The zero-order valence-electron chi connectivity index (χ0n) is 11.6. The van der Waals surface area contributed by atoms with Crippen molar-refractivity contribution >= 4 is 30.1 Å². The van der Waals surface area contributed by atoms with E-state index in [0.717, 1.165) is 18.6 Å². The maximum Gasteiger partial charge on any atom is 0.244 e. The molecule has 2 saturated heterocycles. The monoisotopic (exact) mass is 315 g/mol. The average molecular weight is 316 g/mol. The molecule has 2 aliphatic heterocycles. The van der Waals surface area contributed by atoms with Crippen LogP contribution < -0.4 is 5.73 Å². The Morgan fingerprint density at radius 3 is 2.75 bits per heavy atom. The molecule has 0 spiro atoms. The molecule has 1 amide bonds. The molecule has 3 aliphatic rings. The molecule has 3 atom stereocenters. The lowest BCUT2D eigenvalue weighted by molar-refractivity contribution is -0.133. The van der Waals surface area contributed by atoms with Crippen molar-refractivity contribution in [2.45, 2.75) is 61.9 Å². The van der Waals surface area contributed by atoms with Crippen LogP contribution in [-0.4, -0.2) is 33.5 Å². The normalized spacial score (nSPS) is 37.4. The van der Waals surface area contributed by atoms with Crippen LogP contribution in [0.3, 0.4) is 0 Å². The van der Waals surface area contributed by atoms with Gasteiger partial charge in [0.05, 0.1) is 17.0 Å². The van der Waals surface area contributed by atoms with Gasteiger partial charge >= 0.3 is 0 Å². The third-order valence-corrected chi connectivity index (χ3v) is 6.11. The highest BCUT2D eigenvalue weighted by atomic mass is 35.5. The van der Waals surface area contributed by atoms with Crippen molar-refractivity contribution in [3.63, 3.8) is 0 Å². The van der Waals surface area contributed by atoms with Gasteiger partial charge in [0.25, 0.3) is 0 Å². The lowest BCUT2D eigenvalue weighted by atomic mass is 9.79. The summed E-state index contributed by atoms with van der Waals surface area (Å²) in [6.07, 6.45) is 7.85. The summed E-state index contributed by atoms with van der Waals surface area (Å²) in [7, 11) is 0. The van der Waals surface area contributed by atoms with Crippen LogP contribution >= 0.6 is 24.2 Å². The first-order chi connectivity index (χ1) is 9.14. The summed E-state index contributed by atoms with van der Waals surface area (Å²) in [5.74, 6) is 1.37. The van der Waals surface area contributed by atoms with Crippen molar-refractivity contribution in [3.05, 3.63) is 0 Å². The Kier molecular flexibility index (Phi) is 4.88. The summed E-state index contributed by atoms with van der Waals surface area (Å²) >= 11 is 1.72. The molecule has 0 bridgehead atoms. The summed E-state index contributed by atoms with van der Waals surface area (Å²) in [6.45, 7) is 0. The second kappa shape index (κ2) is 6.13. The van der Waals surface area contributed by atoms with Crippen LogP contribution in [0.1, 0.15) is 44.9 Å². The Bertz CT molecular complexity index is 421. The van der Waals surface area contributed by atoms with E-state index in [1.165, 1.54) is 32.1 Å². The standard InChI is InChI=1S/C14H21N3OS.ClH/c15-8-11-9-19-12-7-14(16,13(18)17(11)12)6-10-4-2-1-3-5-10;/h10-12H,1-7,9,16H2;1H/t11-,12+,14-;/m1./s1. The molecule has 112 valence electrons. The third kappa shape index (κ3) is 2.66. The van der Waals surface area contributed by atoms with Crippen LogP contribution in [0.5, 0.6) is 0 Å². The Labute approximate surface area is 130 Å². The van der Waals surface area contributed by atoms with Crippen LogP contribution in [0.25, 0.3) is 0 Å². The van der Waals surface area contributed by atoms with Crippen LogP contribution in [-0.2, 0) is 4.79 Å². The first kappa shape index (κ1) is 15.9. The molecule has 0 aromatic heterocycles. The van der Waals surface area contributed by atoms with Crippen molar-refractivity contribution < 1.29 is 4.79 Å². The minimum Gasteiger partial charge on any atom is -0.317 e. The van der Waals surface area contributed by atoms with Crippen molar-refractivity contribution in [2.75, 3.05) is 5.75 Å². The fourth-order valence-corrected chi connectivity index (χ4v) is 5.28. The maximum absolute atomic E-state index is 12.6. The minimum atomic E-state index is -0.699. The molecule has 2 N–H and O–H groups in total. The molecule has 1 saturated carbocycles. The number of nitriles is 1. The number of nitrogens with two attached hydrogens (primary N) is 1. The summed E-state index contributed by atoms with van der Waals surface area (Å²) in [5, 5.41) is 9.27. The number of thioether (sulfide) groups is 1. The highest BCUT2D eigenvalue weighted by Crippen LogP contribution is 2.44. The molecule has 4 nitrogen and oxygen atoms in total. The van der Waals surface area contributed by atoms with Gasteiger partial charge in [-0.2, -0.15) is 5.26 Å². The van der Waals surface area contributed by atoms with Crippen molar-refractivity contribution in [2.24, 2.45) is 11.7 Å². The second-order valence-electron chi connectivity index (χ2n) is 6.21. The largest absolute Gasteiger partial charge is 0.317 e. The highest BCUT2D eigenvalue weighted by Gasteiger charge is 2.55. The predicted octanol–water partition coefficient (Wildman–Crippen LogP) is 2.27. The zero-order valence-corrected chi connectivity index (χ0v) is 13.2. The van der Waals surface area contributed by atoms with Gasteiger partial charge in [0.15, 0.2) is 0 Å². The van der Waals surface area contributed by atoms with Gasteiger partial charge in [-0.15, -0.1) is 24.2 Å². The Morgan fingerprint density at radius 2 is 2.10 bits per heavy atom. The van der Waals surface area contributed by atoms with Gasteiger partial charge < -0.3 is 10.6 Å². The average Bonchev–Trinajstić information content (AvgIpc) is 2.90. The first-order valence-electron chi connectivity index (χ1n) is 7.27. The van der Waals surface area contributed by atoms with Crippen LogP contribution in [0.15, 0.2) is 0 Å². The number of carbonyl (C=O) groups excluding carboxylic acids is 1. The van der Waals surface area contributed by atoms with Crippen molar-refractivity contribution in [1.82, 2.24) is 4.90 Å². The number of amides is 1. The number of rotatable bonds is 2. The molecule has 0 radical (unpaired) electrons. The van der Waals surface area contributed by atoms with Crippen LogP contribution in [0, 0.1) is 17.2 Å². The number of halogens is 1. The van der Waals surface area contributed by atoms with Gasteiger partial charge in [0.1, 0.15) is 6.04 Å². The van der Waals surface area contributed by atoms with E-state index in [2.05, 4.69) is 6.07 Å². The van der Waals surface area contributed by atoms with E-state index in [9.17, 15) is 4.79 Å². The van der Waals surface area contributed by atoms with E-state index in [1.54, 1.807) is 16.7 Å². The Balaban J connectivity index is 0.00000147. The number of fused-ring (bicyclic) bond motifs is 1. The Hall–Kier alpha value is -0.440. The summed E-state index contributed by atoms with van der Waals surface area (Å²) in [5.41, 5.74) is 5.73. The summed E-state index contributed by atoms with van der Waals surface area (Å²) < 4.78 is 0. The third-order valence-electron chi connectivity index (χ3n) is 4.82.